The van der Waals surface area contributed by atoms with E-state index >= 15 is 0 Å². The molecule has 0 spiro atoms. The van der Waals surface area contributed by atoms with E-state index in [1.165, 1.54) is 12.1 Å². The summed E-state index contributed by atoms with van der Waals surface area (Å²) in [6.45, 7) is 1.60. The van der Waals surface area contributed by atoms with Crippen LogP contribution in [-0.4, -0.2) is 38.7 Å². The number of amides is 1. The monoisotopic (exact) mass is 325 g/mol. The maximum Gasteiger partial charge on any atom is 0.254 e. The molecule has 0 atom stereocenters. The second-order valence-electron chi connectivity index (χ2n) is 6.27. The van der Waals surface area contributed by atoms with Crippen molar-refractivity contribution < 1.29 is 9.18 Å². The van der Waals surface area contributed by atoms with E-state index in [0.29, 0.717) is 32.0 Å². The molecule has 6 nitrogen and oxygen atoms in total. The summed E-state index contributed by atoms with van der Waals surface area (Å²) in [5.74, 6) is 1.51. The number of nitrogens with zero attached hydrogens (tertiary/aromatic N) is 5. The van der Waals surface area contributed by atoms with Crippen LogP contribution in [0.2, 0.25) is 0 Å². The predicted molar refractivity (Wildman–Crippen MR) is 82.7 cm³/mol. The minimum absolute atomic E-state index is 0.150. The zero-order chi connectivity index (χ0) is 16.7. The van der Waals surface area contributed by atoms with Crippen LogP contribution in [0.15, 0.2) is 18.2 Å². The third-order valence-corrected chi connectivity index (χ3v) is 4.46. The van der Waals surface area contributed by atoms with Gasteiger partial charge >= 0.3 is 0 Å². The standard InChI is InChI=1S/C17H16FN5O/c18-14-8-11(10-19)7-13(9-14)17(24)22-4-3-15-20-16(12-1-2-12)21-23(15)6-5-22/h7-9,12H,1-6H2. The van der Waals surface area contributed by atoms with E-state index in [1.807, 2.05) is 10.8 Å². The van der Waals surface area contributed by atoms with Gasteiger partial charge in [0.1, 0.15) is 11.6 Å². The van der Waals surface area contributed by atoms with Gasteiger partial charge in [0.05, 0.1) is 18.2 Å². The molecule has 24 heavy (non-hydrogen) atoms. The number of carbonyl (C=O) groups excluding carboxylic acids is 1. The minimum atomic E-state index is -0.573. The molecule has 2 aromatic rings. The van der Waals surface area contributed by atoms with E-state index in [0.717, 1.165) is 30.6 Å². The fourth-order valence-electron chi connectivity index (χ4n) is 3.00. The van der Waals surface area contributed by atoms with Crippen LogP contribution in [0.4, 0.5) is 4.39 Å². The quantitative estimate of drug-likeness (QED) is 0.845. The van der Waals surface area contributed by atoms with E-state index in [1.54, 1.807) is 4.90 Å². The van der Waals surface area contributed by atoms with Crippen LogP contribution in [0.1, 0.15) is 46.3 Å². The topological polar surface area (TPSA) is 74.8 Å². The second kappa shape index (κ2) is 5.71. The Bertz CT molecular complexity index is 824. The molecule has 1 amide bonds. The zero-order valence-corrected chi connectivity index (χ0v) is 13.1. The van der Waals surface area contributed by atoms with Crippen LogP contribution < -0.4 is 0 Å². The van der Waals surface area contributed by atoms with E-state index in [-0.39, 0.29) is 17.0 Å². The molecule has 1 aliphatic carbocycles. The normalized spacial score (nSPS) is 17.1. The molecule has 7 heteroatoms. The molecule has 2 heterocycles. The number of carbonyl (C=O) groups is 1. The summed E-state index contributed by atoms with van der Waals surface area (Å²) < 4.78 is 15.5. The van der Waals surface area contributed by atoms with Crippen LogP contribution >= 0.6 is 0 Å². The number of rotatable bonds is 2. The first-order valence-corrected chi connectivity index (χ1v) is 8.07. The maximum atomic E-state index is 13.6. The van der Waals surface area contributed by atoms with Crippen molar-refractivity contribution in [2.24, 2.45) is 0 Å². The van der Waals surface area contributed by atoms with Crippen molar-refractivity contribution in [3.05, 3.63) is 46.8 Å². The van der Waals surface area contributed by atoms with Crippen LogP contribution in [-0.2, 0) is 13.0 Å². The summed E-state index contributed by atoms with van der Waals surface area (Å²) in [6, 6.07) is 5.60. The smallest absolute Gasteiger partial charge is 0.254 e. The Morgan fingerprint density at radius 3 is 2.83 bits per heavy atom. The van der Waals surface area contributed by atoms with Crippen molar-refractivity contribution in [2.45, 2.75) is 31.7 Å². The number of aromatic nitrogens is 3. The molecule has 1 aliphatic heterocycles. The molecule has 0 N–H and O–H groups in total. The van der Waals surface area contributed by atoms with Crippen molar-refractivity contribution >= 4 is 5.91 Å². The highest BCUT2D eigenvalue weighted by molar-refractivity contribution is 5.94. The average molecular weight is 325 g/mol. The first-order valence-electron chi connectivity index (χ1n) is 8.07. The molecule has 2 aliphatic rings. The third-order valence-electron chi connectivity index (χ3n) is 4.46. The Morgan fingerprint density at radius 2 is 2.08 bits per heavy atom. The van der Waals surface area contributed by atoms with Gasteiger partial charge in [0, 0.05) is 31.0 Å². The fraction of sp³-hybridized carbons (Fsp3) is 0.412. The van der Waals surface area contributed by atoms with Gasteiger partial charge in [-0.2, -0.15) is 10.4 Å². The molecular weight excluding hydrogens is 309 g/mol. The van der Waals surface area contributed by atoms with Gasteiger partial charge in [-0.25, -0.2) is 14.1 Å². The first kappa shape index (κ1) is 14.8. The highest BCUT2D eigenvalue weighted by atomic mass is 19.1. The van der Waals surface area contributed by atoms with Crippen LogP contribution in [0.5, 0.6) is 0 Å². The molecule has 0 unspecified atom stereocenters. The van der Waals surface area contributed by atoms with Gasteiger partial charge < -0.3 is 4.90 Å². The SMILES string of the molecule is N#Cc1cc(F)cc(C(=O)N2CCc3nc(C4CC4)nn3CC2)c1. The molecule has 0 radical (unpaired) electrons. The summed E-state index contributed by atoms with van der Waals surface area (Å²) in [5.41, 5.74) is 0.356. The van der Waals surface area contributed by atoms with Crippen LogP contribution in [0.25, 0.3) is 0 Å². The summed E-state index contributed by atoms with van der Waals surface area (Å²) in [5, 5.41) is 13.5. The molecule has 4 rings (SSSR count). The molecule has 1 aromatic heterocycles. The largest absolute Gasteiger partial charge is 0.336 e. The second-order valence-corrected chi connectivity index (χ2v) is 6.27. The van der Waals surface area contributed by atoms with Crippen molar-refractivity contribution in [3.8, 4) is 6.07 Å². The predicted octanol–water partition coefficient (Wildman–Crippen LogP) is 1.86. The number of halogens is 1. The van der Waals surface area contributed by atoms with Gasteiger partial charge in [0.15, 0.2) is 5.82 Å². The van der Waals surface area contributed by atoms with Gasteiger partial charge in [-0.15, -0.1) is 0 Å². The van der Waals surface area contributed by atoms with Crippen LogP contribution in [0.3, 0.4) is 0 Å². The molecule has 1 fully saturated rings. The zero-order valence-electron chi connectivity index (χ0n) is 13.1. The van der Waals surface area contributed by atoms with Gasteiger partial charge in [0.2, 0.25) is 0 Å². The summed E-state index contributed by atoms with van der Waals surface area (Å²) in [6.07, 6.45) is 2.95. The molecule has 1 aromatic carbocycles. The van der Waals surface area contributed by atoms with Gasteiger partial charge in [0.25, 0.3) is 5.91 Å². The van der Waals surface area contributed by atoms with E-state index < -0.39 is 5.82 Å². The number of benzene rings is 1. The lowest BCUT2D eigenvalue weighted by Crippen LogP contribution is -2.33. The number of fused-ring (bicyclic) bond motifs is 1. The lowest BCUT2D eigenvalue weighted by atomic mass is 10.1. The van der Waals surface area contributed by atoms with Crippen LogP contribution in [0, 0.1) is 17.1 Å². The Kier molecular flexibility index (Phi) is 3.53. The van der Waals surface area contributed by atoms with Gasteiger partial charge in [-0.05, 0) is 31.0 Å². The van der Waals surface area contributed by atoms with Crippen molar-refractivity contribution in [1.82, 2.24) is 19.7 Å². The van der Waals surface area contributed by atoms with E-state index in [2.05, 4.69) is 10.1 Å². The molecule has 122 valence electrons. The molecule has 1 saturated carbocycles. The molecule has 0 bridgehead atoms. The lowest BCUT2D eigenvalue weighted by Gasteiger charge is -2.20. The van der Waals surface area contributed by atoms with Gasteiger partial charge in [-0.3, -0.25) is 4.79 Å². The lowest BCUT2D eigenvalue weighted by molar-refractivity contribution is 0.0757. The highest BCUT2D eigenvalue weighted by Crippen LogP contribution is 2.38. The van der Waals surface area contributed by atoms with E-state index in [9.17, 15) is 9.18 Å². The number of hydrogen-bond donors (Lipinski definition) is 0. The summed E-state index contributed by atoms with van der Waals surface area (Å²) in [4.78, 5) is 18.9. The summed E-state index contributed by atoms with van der Waals surface area (Å²) in [7, 11) is 0. The Balaban J connectivity index is 1.51. The van der Waals surface area contributed by atoms with Crippen molar-refractivity contribution in [3.63, 3.8) is 0 Å². The highest BCUT2D eigenvalue weighted by Gasteiger charge is 2.30. The van der Waals surface area contributed by atoms with Crippen molar-refractivity contribution in [2.75, 3.05) is 13.1 Å². The van der Waals surface area contributed by atoms with E-state index in [4.69, 9.17) is 5.26 Å². The van der Waals surface area contributed by atoms with Gasteiger partial charge in [-0.1, -0.05) is 0 Å². The Morgan fingerprint density at radius 1 is 1.25 bits per heavy atom. The number of nitriles is 1. The molecule has 0 saturated heterocycles. The number of hydrogen-bond acceptors (Lipinski definition) is 4. The minimum Gasteiger partial charge on any atom is -0.336 e. The summed E-state index contributed by atoms with van der Waals surface area (Å²) >= 11 is 0. The average Bonchev–Trinajstić information content (AvgIpc) is 3.38. The maximum absolute atomic E-state index is 13.6. The molecular formula is C17H16FN5O. The van der Waals surface area contributed by atoms with Crippen molar-refractivity contribution in [1.29, 1.82) is 5.26 Å². The first-order chi connectivity index (χ1) is 11.6. The third kappa shape index (κ3) is 2.75. The Labute approximate surface area is 138 Å². The fourth-order valence-corrected chi connectivity index (χ4v) is 3.00. The Hall–Kier alpha value is -2.75.